The van der Waals surface area contributed by atoms with Crippen molar-refractivity contribution in [2.45, 2.75) is 183 Å². The zero-order chi connectivity index (χ0) is 42.0. The molecule has 324 valence electrons. The third-order valence-corrected chi connectivity index (χ3v) is 15.0. The summed E-state index contributed by atoms with van der Waals surface area (Å²) < 4.78 is 80.6. The second kappa shape index (κ2) is 16.2. The topological polar surface area (TPSA) is 218 Å². The van der Waals surface area contributed by atoms with Gasteiger partial charge in [-0.3, -0.25) is 4.79 Å². The molecule has 0 radical (unpaired) electrons. The predicted octanol–water partition coefficient (Wildman–Crippen LogP) is 2.34. The fourth-order valence-corrected chi connectivity index (χ4v) is 11.4. The van der Waals surface area contributed by atoms with Crippen LogP contribution in [0.5, 0.6) is 0 Å². The number of nitrogens with one attached hydrogen (secondary N) is 1. The normalized spacial score (nSPS) is 49.5. The van der Waals surface area contributed by atoms with Gasteiger partial charge >= 0.3 is 5.97 Å². The Balaban J connectivity index is 1.42. The molecule has 0 amide bonds. The number of aliphatic hydroxyl groups excluding tert-OH is 4. The van der Waals surface area contributed by atoms with Crippen molar-refractivity contribution in [1.82, 2.24) is 4.72 Å². The highest BCUT2D eigenvalue weighted by Gasteiger charge is 2.71. The molecule has 1 aromatic rings. The molecular weight excluding hydrogens is 766 g/mol. The molecular formula is C40H63NO15S. The Morgan fingerprint density at radius 3 is 2.21 bits per heavy atom. The number of cyclic esters (lactones) is 1. The number of fused-ring (bicyclic) bond motifs is 2. The lowest BCUT2D eigenvalue weighted by Gasteiger charge is -2.49. The first-order valence-electron chi connectivity index (χ1n) is 20.1. The molecule has 5 fully saturated rings. The summed E-state index contributed by atoms with van der Waals surface area (Å²) in [5.74, 6) is -4.76. The van der Waals surface area contributed by atoms with Crippen molar-refractivity contribution in [3.8, 4) is 0 Å². The van der Waals surface area contributed by atoms with Gasteiger partial charge in [-0.1, -0.05) is 45.9 Å². The number of hydrogen-bond donors (Lipinski definition) is 5. The van der Waals surface area contributed by atoms with E-state index in [0.29, 0.717) is 12.8 Å². The van der Waals surface area contributed by atoms with E-state index < -0.39 is 124 Å². The highest BCUT2D eigenvalue weighted by Crippen LogP contribution is 2.59. The van der Waals surface area contributed by atoms with E-state index in [0.717, 1.165) is 0 Å². The van der Waals surface area contributed by atoms with E-state index in [2.05, 4.69) is 4.72 Å². The van der Waals surface area contributed by atoms with Gasteiger partial charge in [0.1, 0.15) is 23.9 Å². The Bertz CT molecular complexity index is 1690. The number of esters is 1. The molecule has 5 aliphatic heterocycles. The quantitative estimate of drug-likeness (QED) is 0.226. The third-order valence-electron chi connectivity index (χ3n) is 13.5. The fourth-order valence-electron chi connectivity index (χ4n) is 10.1. The van der Waals surface area contributed by atoms with Crippen LogP contribution in [0.15, 0.2) is 35.2 Å². The first-order chi connectivity index (χ1) is 26.6. The van der Waals surface area contributed by atoms with Gasteiger partial charge in [0.15, 0.2) is 24.7 Å². The zero-order valence-electron chi connectivity index (χ0n) is 34.6. The van der Waals surface area contributed by atoms with Crippen molar-refractivity contribution in [1.29, 1.82) is 0 Å². The van der Waals surface area contributed by atoms with Crippen molar-refractivity contribution < 1.29 is 71.5 Å². The van der Waals surface area contributed by atoms with E-state index >= 15 is 0 Å². The van der Waals surface area contributed by atoms with Gasteiger partial charge in [0.05, 0.1) is 52.5 Å². The molecule has 5 aliphatic rings. The molecule has 19 atom stereocenters. The minimum absolute atomic E-state index is 0.0304. The van der Waals surface area contributed by atoms with Gasteiger partial charge in [0, 0.05) is 37.7 Å². The SMILES string of the molecule is CC[C@H]1OC(=O)[C@H](C)[C@@H](O[C@H]2C[C@@](C)(OC)[C@@H](O)[C@H](C)O2)[C@H](C)[C@@H](O[C@@H]2O[C@H](O)C[C@H](NS(=O)(=O)c3ccccc3)[C@H]2O)[C@@]2(C)C[C@@H](C)C3(O[C@]1(C)[C@H](O)[C@H]3C)O2. The van der Waals surface area contributed by atoms with E-state index in [1.54, 1.807) is 52.8 Å². The van der Waals surface area contributed by atoms with Crippen LogP contribution in [0.4, 0.5) is 0 Å². The van der Waals surface area contributed by atoms with Crippen LogP contribution in [0.25, 0.3) is 0 Å². The average molecular weight is 830 g/mol. The van der Waals surface area contributed by atoms with E-state index in [4.69, 9.17) is 37.9 Å². The van der Waals surface area contributed by atoms with Crippen LogP contribution in [0, 0.1) is 23.7 Å². The maximum absolute atomic E-state index is 14.3. The number of methoxy groups -OCH3 is 1. The molecule has 17 heteroatoms. The summed E-state index contributed by atoms with van der Waals surface area (Å²) in [5, 5.41) is 45.5. The number of aliphatic hydroxyl groups is 4. The number of rotatable bonds is 9. The van der Waals surface area contributed by atoms with Crippen LogP contribution in [0.1, 0.15) is 88.0 Å². The van der Waals surface area contributed by atoms with Gasteiger partial charge in [-0.05, 0) is 59.6 Å². The lowest BCUT2D eigenvalue weighted by molar-refractivity contribution is -0.353. The predicted molar refractivity (Wildman–Crippen MR) is 201 cm³/mol. The molecule has 1 unspecified atom stereocenters. The summed E-state index contributed by atoms with van der Waals surface area (Å²) in [6.45, 7) is 16.1. The summed E-state index contributed by atoms with van der Waals surface area (Å²) in [5.41, 5.74) is -3.70. The summed E-state index contributed by atoms with van der Waals surface area (Å²) in [7, 11) is -2.65. The Hall–Kier alpha value is -1.84. The molecule has 16 nitrogen and oxygen atoms in total. The molecule has 5 saturated heterocycles. The maximum Gasteiger partial charge on any atom is 0.311 e. The molecule has 6 rings (SSSR count). The van der Waals surface area contributed by atoms with Gasteiger partial charge < -0.3 is 58.3 Å². The Morgan fingerprint density at radius 1 is 0.912 bits per heavy atom. The lowest BCUT2D eigenvalue weighted by Crippen LogP contribution is -2.61. The smallest absolute Gasteiger partial charge is 0.311 e. The molecule has 0 aliphatic carbocycles. The van der Waals surface area contributed by atoms with Crippen molar-refractivity contribution in [2.75, 3.05) is 7.11 Å². The molecule has 0 aromatic heterocycles. The van der Waals surface area contributed by atoms with Crippen molar-refractivity contribution in [3.05, 3.63) is 30.3 Å². The fraction of sp³-hybridized carbons (Fsp3) is 0.825. The van der Waals surface area contributed by atoms with E-state index in [1.165, 1.54) is 19.2 Å². The van der Waals surface area contributed by atoms with Crippen molar-refractivity contribution in [3.63, 3.8) is 0 Å². The zero-order valence-corrected chi connectivity index (χ0v) is 35.4. The summed E-state index contributed by atoms with van der Waals surface area (Å²) >= 11 is 0. The number of hydrogen-bond acceptors (Lipinski definition) is 15. The second-order valence-corrected chi connectivity index (χ2v) is 19.3. The largest absolute Gasteiger partial charge is 0.459 e. The van der Waals surface area contributed by atoms with Gasteiger partial charge in [-0.2, -0.15) is 0 Å². The molecule has 1 aromatic carbocycles. The van der Waals surface area contributed by atoms with Gasteiger partial charge in [-0.15, -0.1) is 0 Å². The summed E-state index contributed by atoms with van der Waals surface area (Å²) in [4.78, 5) is 14.3. The van der Waals surface area contributed by atoms with Gasteiger partial charge in [0.25, 0.3) is 0 Å². The van der Waals surface area contributed by atoms with Crippen LogP contribution in [0.2, 0.25) is 0 Å². The van der Waals surface area contributed by atoms with Crippen molar-refractivity contribution >= 4 is 16.0 Å². The number of sulfonamides is 1. The molecule has 1 spiro atoms. The number of ether oxygens (including phenoxy) is 8. The third kappa shape index (κ3) is 7.95. The molecule has 5 N–H and O–H groups in total. The highest BCUT2D eigenvalue weighted by molar-refractivity contribution is 7.89. The monoisotopic (exact) mass is 829 g/mol. The number of carbonyl (C=O) groups excluding carboxylic acids is 1. The number of benzene rings is 1. The van der Waals surface area contributed by atoms with Gasteiger partial charge in [0.2, 0.25) is 10.0 Å². The Morgan fingerprint density at radius 2 is 1.58 bits per heavy atom. The molecule has 3 bridgehead atoms. The Labute approximate surface area is 335 Å². The molecule has 5 heterocycles. The Kier molecular flexibility index (Phi) is 12.7. The second-order valence-electron chi connectivity index (χ2n) is 17.6. The standard InChI is InChI=1S/C40H63NO15S/c1-11-27-39(9)32(44)23(5)40(56-39)20(2)18-38(8,55-40)34(54-36-30(43)26(17-28(42)52-36)41-57(47,48)25-15-13-12-14-16-25)21(3)31(22(4)35(46)51-27)53-29-19-37(7,49-10)33(45)24(6)50-29/h12-16,20-24,26-34,36,41-45H,11,17-19H2,1-10H3/t20-,21+,22-,23-,24+,26+,27-,28+,29+,30-,31+,32-,33+,34-,36+,37-,38-,39+,40?/m1/s1. The van der Waals surface area contributed by atoms with Crippen LogP contribution in [0.3, 0.4) is 0 Å². The highest BCUT2D eigenvalue weighted by atomic mass is 32.2. The molecule has 0 saturated carbocycles. The van der Waals surface area contributed by atoms with Crippen LogP contribution >= 0.6 is 0 Å². The van der Waals surface area contributed by atoms with Crippen LogP contribution in [-0.4, -0.2) is 132 Å². The summed E-state index contributed by atoms with van der Waals surface area (Å²) in [6.07, 6.45) is -11.1. The molecule has 57 heavy (non-hydrogen) atoms. The van der Waals surface area contributed by atoms with Crippen LogP contribution < -0.4 is 4.72 Å². The first-order valence-corrected chi connectivity index (χ1v) is 21.6. The lowest BCUT2D eigenvalue weighted by atomic mass is 9.77. The minimum atomic E-state index is -4.14. The van der Waals surface area contributed by atoms with E-state index in [9.17, 15) is 33.6 Å². The van der Waals surface area contributed by atoms with E-state index in [-0.39, 0.29) is 23.7 Å². The number of carbonyl (C=O) groups is 1. The maximum atomic E-state index is 14.3. The van der Waals surface area contributed by atoms with Crippen LogP contribution in [-0.2, 0) is 52.7 Å². The first kappa shape index (κ1) is 44.7. The van der Waals surface area contributed by atoms with Gasteiger partial charge in [-0.25, -0.2) is 13.1 Å². The minimum Gasteiger partial charge on any atom is -0.459 e. The average Bonchev–Trinajstić information content (AvgIpc) is 3.53. The van der Waals surface area contributed by atoms with Crippen molar-refractivity contribution in [2.24, 2.45) is 23.7 Å². The summed E-state index contributed by atoms with van der Waals surface area (Å²) in [6, 6.07) is 6.41. The van der Waals surface area contributed by atoms with E-state index in [1.807, 2.05) is 27.7 Å².